The molecule has 0 amide bonds. The number of nitro groups is 1. The molecule has 194 valence electrons. The van der Waals surface area contributed by atoms with Crippen molar-refractivity contribution in [1.82, 2.24) is 18.7 Å². The van der Waals surface area contributed by atoms with Gasteiger partial charge in [-0.15, -0.1) is 0 Å². The molecule has 0 saturated heterocycles. The molecule has 2 heterocycles. The molecule has 2 aromatic heterocycles. The predicted molar refractivity (Wildman–Crippen MR) is 141 cm³/mol. The van der Waals surface area contributed by atoms with Crippen LogP contribution in [0.4, 0.5) is 16.0 Å². The van der Waals surface area contributed by atoms with Crippen LogP contribution in [0.15, 0.2) is 71.5 Å². The molecule has 0 fully saturated rings. The fourth-order valence-corrected chi connectivity index (χ4v) is 5.29. The molecule has 3 aromatic carbocycles. The highest BCUT2D eigenvalue weighted by Gasteiger charge is 2.26. The number of aromatic amines is 1. The van der Waals surface area contributed by atoms with Gasteiger partial charge in [0.1, 0.15) is 5.82 Å². The standard InChI is InChI=1S/C25H21FN6O5S/c1-14(2)38(36,37)31-21-13-16(5-12-20(21)28-25(31)27)23-22(15-3-6-17(26)7-4-15)24(33)30(29-23)18-8-10-19(11-9-18)32(34)35/h3-14,29H,1-2H3,(H2,27,28). The van der Waals surface area contributed by atoms with E-state index in [1.54, 1.807) is 18.2 Å². The summed E-state index contributed by atoms with van der Waals surface area (Å²) >= 11 is 0. The highest BCUT2D eigenvalue weighted by Crippen LogP contribution is 2.33. The number of hydrogen-bond acceptors (Lipinski definition) is 7. The minimum Gasteiger partial charge on any atom is -0.368 e. The summed E-state index contributed by atoms with van der Waals surface area (Å²) in [5.74, 6) is -0.678. The Morgan fingerprint density at radius 2 is 1.66 bits per heavy atom. The molecule has 11 nitrogen and oxygen atoms in total. The Labute approximate surface area is 215 Å². The van der Waals surface area contributed by atoms with E-state index in [4.69, 9.17) is 5.73 Å². The summed E-state index contributed by atoms with van der Waals surface area (Å²) < 4.78 is 41.9. The molecule has 0 aliphatic rings. The van der Waals surface area contributed by atoms with Crippen LogP contribution < -0.4 is 11.3 Å². The maximum Gasteiger partial charge on any atom is 0.279 e. The van der Waals surface area contributed by atoms with Crippen LogP contribution in [0.5, 0.6) is 0 Å². The molecule has 3 N–H and O–H groups in total. The number of nitrogens with two attached hydrogens (primary N) is 1. The third kappa shape index (κ3) is 4.02. The molecule has 5 aromatic rings. The third-order valence-electron chi connectivity index (χ3n) is 6.12. The minimum absolute atomic E-state index is 0.144. The quantitative estimate of drug-likeness (QED) is 0.244. The van der Waals surface area contributed by atoms with E-state index in [9.17, 15) is 27.7 Å². The second kappa shape index (κ2) is 8.95. The molecule has 0 saturated carbocycles. The zero-order chi connectivity index (χ0) is 27.4. The number of rotatable bonds is 6. The molecule has 0 atom stereocenters. The third-order valence-corrected chi connectivity index (χ3v) is 8.20. The fraction of sp³-hybridized carbons (Fsp3) is 0.120. The van der Waals surface area contributed by atoms with E-state index in [-0.39, 0.29) is 22.7 Å². The van der Waals surface area contributed by atoms with Gasteiger partial charge in [0.25, 0.3) is 11.2 Å². The Balaban J connectivity index is 1.77. The van der Waals surface area contributed by atoms with Crippen LogP contribution in [0.3, 0.4) is 0 Å². The van der Waals surface area contributed by atoms with Gasteiger partial charge in [-0.1, -0.05) is 18.2 Å². The fourth-order valence-electron chi connectivity index (χ4n) is 4.14. The van der Waals surface area contributed by atoms with E-state index in [0.29, 0.717) is 28.0 Å². The predicted octanol–water partition coefficient (Wildman–Crippen LogP) is 4.07. The topological polar surface area (TPSA) is 159 Å². The van der Waals surface area contributed by atoms with Gasteiger partial charge in [0.05, 0.1) is 38.2 Å². The first-order chi connectivity index (χ1) is 18.0. The molecule has 0 bridgehead atoms. The number of aromatic nitrogens is 4. The number of nitro benzene ring substituents is 1. The summed E-state index contributed by atoms with van der Waals surface area (Å²) in [7, 11) is -3.86. The smallest absolute Gasteiger partial charge is 0.279 e. The number of halogens is 1. The number of non-ortho nitro benzene ring substituents is 1. The van der Waals surface area contributed by atoms with Crippen LogP contribution in [-0.2, 0) is 10.0 Å². The van der Waals surface area contributed by atoms with Gasteiger partial charge in [0, 0.05) is 17.7 Å². The minimum atomic E-state index is -3.86. The second-order valence-electron chi connectivity index (χ2n) is 8.81. The van der Waals surface area contributed by atoms with Gasteiger partial charge >= 0.3 is 0 Å². The molecule has 0 aliphatic carbocycles. The number of benzene rings is 3. The van der Waals surface area contributed by atoms with Gasteiger partial charge in [0.15, 0.2) is 0 Å². The SMILES string of the molecule is CC(C)S(=O)(=O)n1c(N)nc2ccc(-c3[nH]n(-c4ccc([N+](=O)[O-])cc4)c(=O)c3-c3ccc(F)cc3)cc21. The van der Waals surface area contributed by atoms with Crippen LogP contribution in [0.2, 0.25) is 0 Å². The lowest BCUT2D eigenvalue weighted by Crippen LogP contribution is -2.23. The molecular formula is C25H21FN6O5S. The Morgan fingerprint density at radius 3 is 2.26 bits per heavy atom. The van der Waals surface area contributed by atoms with Crippen molar-refractivity contribution in [1.29, 1.82) is 0 Å². The molecule has 0 radical (unpaired) electrons. The monoisotopic (exact) mass is 536 g/mol. The first kappa shape index (κ1) is 24.9. The Kier molecular flexibility index (Phi) is 5.87. The molecule has 38 heavy (non-hydrogen) atoms. The average molecular weight is 537 g/mol. The molecular weight excluding hydrogens is 515 g/mol. The number of nitrogens with zero attached hydrogens (tertiary/aromatic N) is 4. The maximum absolute atomic E-state index is 13.7. The van der Waals surface area contributed by atoms with Gasteiger partial charge in [-0.05, 0) is 55.8 Å². The van der Waals surface area contributed by atoms with Gasteiger partial charge in [-0.3, -0.25) is 20.0 Å². The van der Waals surface area contributed by atoms with Gasteiger partial charge in [-0.25, -0.2) is 26.4 Å². The maximum atomic E-state index is 13.7. The number of hydrogen-bond donors (Lipinski definition) is 2. The number of anilines is 1. The zero-order valence-corrected chi connectivity index (χ0v) is 20.9. The second-order valence-corrected chi connectivity index (χ2v) is 11.2. The van der Waals surface area contributed by atoms with Crippen molar-refractivity contribution >= 4 is 32.7 Å². The lowest BCUT2D eigenvalue weighted by Gasteiger charge is -2.11. The molecule has 0 unspecified atom stereocenters. The highest BCUT2D eigenvalue weighted by molar-refractivity contribution is 7.90. The normalized spacial score (nSPS) is 11.9. The Morgan fingerprint density at radius 1 is 1.03 bits per heavy atom. The number of H-pyrrole nitrogens is 1. The molecule has 13 heteroatoms. The highest BCUT2D eigenvalue weighted by atomic mass is 32.2. The van der Waals surface area contributed by atoms with E-state index in [1.165, 1.54) is 67.1 Å². The number of fused-ring (bicyclic) bond motifs is 1. The summed E-state index contributed by atoms with van der Waals surface area (Å²) in [6.45, 7) is 3.05. The average Bonchev–Trinajstić information content (AvgIpc) is 3.40. The first-order valence-electron chi connectivity index (χ1n) is 11.4. The van der Waals surface area contributed by atoms with Crippen LogP contribution in [0.25, 0.3) is 39.1 Å². The van der Waals surface area contributed by atoms with Gasteiger partial charge in [0.2, 0.25) is 16.0 Å². The summed E-state index contributed by atoms with van der Waals surface area (Å²) in [5, 5.41) is 13.3. The largest absolute Gasteiger partial charge is 0.368 e. The van der Waals surface area contributed by atoms with Crippen molar-refractivity contribution < 1.29 is 17.7 Å². The van der Waals surface area contributed by atoms with Crippen molar-refractivity contribution in [2.45, 2.75) is 19.1 Å². The van der Waals surface area contributed by atoms with E-state index >= 15 is 0 Å². The van der Waals surface area contributed by atoms with Crippen molar-refractivity contribution in [3.63, 3.8) is 0 Å². The summed E-state index contributed by atoms with van der Waals surface area (Å²) in [5.41, 5.74) is 7.57. The zero-order valence-electron chi connectivity index (χ0n) is 20.1. The number of nitrogen functional groups attached to an aromatic ring is 1. The van der Waals surface area contributed by atoms with Gasteiger partial charge in [-0.2, -0.15) is 0 Å². The van der Waals surface area contributed by atoms with Crippen molar-refractivity contribution in [2.75, 3.05) is 5.73 Å². The van der Waals surface area contributed by atoms with Crippen molar-refractivity contribution in [3.8, 4) is 28.1 Å². The van der Waals surface area contributed by atoms with Crippen LogP contribution in [0.1, 0.15) is 13.8 Å². The van der Waals surface area contributed by atoms with E-state index < -0.39 is 31.6 Å². The van der Waals surface area contributed by atoms with Crippen molar-refractivity contribution in [2.24, 2.45) is 0 Å². The van der Waals surface area contributed by atoms with E-state index in [0.717, 1.165) is 3.97 Å². The Bertz CT molecular complexity index is 1870. The van der Waals surface area contributed by atoms with Crippen LogP contribution in [-0.4, -0.2) is 37.3 Å². The first-order valence-corrected chi connectivity index (χ1v) is 12.9. The summed E-state index contributed by atoms with van der Waals surface area (Å²) in [6, 6.07) is 15.5. The van der Waals surface area contributed by atoms with Gasteiger partial charge < -0.3 is 5.73 Å². The molecule has 5 rings (SSSR count). The molecule has 0 aliphatic heterocycles. The lowest BCUT2D eigenvalue weighted by molar-refractivity contribution is -0.384. The summed E-state index contributed by atoms with van der Waals surface area (Å²) in [4.78, 5) is 28.3. The Hall–Kier alpha value is -4.78. The van der Waals surface area contributed by atoms with Crippen LogP contribution in [0, 0.1) is 15.9 Å². The lowest BCUT2D eigenvalue weighted by atomic mass is 10.0. The van der Waals surface area contributed by atoms with E-state index in [2.05, 4.69) is 10.1 Å². The van der Waals surface area contributed by atoms with Crippen LogP contribution >= 0.6 is 0 Å². The number of imidazole rings is 1. The molecule has 0 spiro atoms. The summed E-state index contributed by atoms with van der Waals surface area (Å²) in [6.07, 6.45) is 0. The number of nitrogens with one attached hydrogen (secondary N) is 1. The van der Waals surface area contributed by atoms with E-state index in [1.807, 2.05) is 0 Å². The van der Waals surface area contributed by atoms with Crippen molar-refractivity contribution in [3.05, 3.63) is 93.0 Å².